The van der Waals surface area contributed by atoms with Crippen LogP contribution in [0.25, 0.3) is 0 Å². The van der Waals surface area contributed by atoms with Gasteiger partial charge in [-0.2, -0.15) is 5.26 Å². The van der Waals surface area contributed by atoms with Gasteiger partial charge in [-0.1, -0.05) is 6.07 Å². The zero-order chi connectivity index (χ0) is 11.0. The Morgan fingerprint density at radius 3 is 3.12 bits per heavy atom. The van der Waals surface area contributed by atoms with Gasteiger partial charge in [-0.05, 0) is 36.6 Å². The van der Waals surface area contributed by atoms with Crippen LogP contribution in [-0.4, -0.2) is 13.2 Å². The third kappa shape index (κ3) is 1.46. The van der Waals surface area contributed by atoms with E-state index in [-0.39, 0.29) is 0 Å². The highest BCUT2D eigenvalue weighted by Gasteiger charge is 2.22. The van der Waals surface area contributed by atoms with E-state index in [9.17, 15) is 0 Å². The van der Waals surface area contributed by atoms with E-state index in [1.165, 1.54) is 24.0 Å². The number of nitriles is 1. The van der Waals surface area contributed by atoms with E-state index in [1.54, 1.807) is 0 Å². The molecule has 0 spiro atoms. The summed E-state index contributed by atoms with van der Waals surface area (Å²) in [5.74, 6) is 0.809. The lowest BCUT2D eigenvalue weighted by atomic mass is 9.98. The normalized spacial score (nSPS) is 22.6. The summed E-state index contributed by atoms with van der Waals surface area (Å²) in [6.07, 6.45) is 3.33. The Kier molecular flexibility index (Phi) is 2.30. The molecule has 0 amide bonds. The average Bonchev–Trinajstić information content (AvgIpc) is 2.97. The number of nitrogens with zero attached hydrogens (tertiary/aromatic N) is 1. The van der Waals surface area contributed by atoms with E-state index < -0.39 is 0 Å². The van der Waals surface area contributed by atoms with Crippen LogP contribution >= 0.6 is 0 Å². The summed E-state index contributed by atoms with van der Waals surface area (Å²) in [5.41, 5.74) is 3.14. The minimum Gasteiger partial charge on any atom is -0.492 e. The first-order valence-electron chi connectivity index (χ1n) is 5.81. The number of hydrogen-bond donors (Lipinski definition) is 1. The van der Waals surface area contributed by atoms with Gasteiger partial charge in [0, 0.05) is 12.5 Å². The molecule has 0 aromatic heterocycles. The van der Waals surface area contributed by atoms with E-state index in [4.69, 9.17) is 10.00 Å². The molecule has 3 rings (SSSR count). The molecule has 1 aromatic rings. The van der Waals surface area contributed by atoms with Gasteiger partial charge in [0.25, 0.3) is 0 Å². The summed E-state index contributed by atoms with van der Waals surface area (Å²) in [4.78, 5) is 0. The lowest BCUT2D eigenvalue weighted by molar-refractivity contribution is 0.356. The molecule has 0 saturated carbocycles. The zero-order valence-electron chi connectivity index (χ0n) is 9.12. The van der Waals surface area contributed by atoms with Gasteiger partial charge >= 0.3 is 0 Å². The molecule has 1 N–H and O–H groups in total. The fourth-order valence-electron chi connectivity index (χ4n) is 2.59. The molecule has 0 aliphatic carbocycles. The van der Waals surface area contributed by atoms with Crippen molar-refractivity contribution in [1.82, 2.24) is 5.32 Å². The summed E-state index contributed by atoms with van der Waals surface area (Å²) >= 11 is 0. The maximum absolute atomic E-state index is 9.12. The highest BCUT2D eigenvalue weighted by Crippen LogP contribution is 2.34. The molecular weight excluding hydrogens is 200 g/mol. The van der Waals surface area contributed by atoms with Gasteiger partial charge < -0.3 is 10.1 Å². The highest BCUT2D eigenvalue weighted by molar-refractivity contribution is 5.53. The summed E-state index contributed by atoms with van der Waals surface area (Å²) in [5, 5.41) is 12.6. The largest absolute Gasteiger partial charge is 0.492 e. The van der Waals surface area contributed by atoms with Crippen LogP contribution in [-0.2, 0) is 6.42 Å². The molecular formula is C13H14N2O. The SMILES string of the molecule is N#Cc1cc([C@@H]2CCCN2)cc2c1OCC2. The first-order chi connectivity index (χ1) is 7.88. The molecule has 16 heavy (non-hydrogen) atoms. The predicted molar refractivity (Wildman–Crippen MR) is 60.3 cm³/mol. The Morgan fingerprint density at radius 1 is 1.44 bits per heavy atom. The molecule has 82 valence electrons. The standard InChI is InChI=1S/C13H14N2O/c14-8-11-7-10(12-2-1-4-15-12)6-9-3-5-16-13(9)11/h6-7,12,15H,1-5H2/t12-/m0/s1. The maximum Gasteiger partial charge on any atom is 0.140 e. The van der Waals surface area contributed by atoms with Crippen molar-refractivity contribution in [2.45, 2.75) is 25.3 Å². The lowest BCUT2D eigenvalue weighted by Gasteiger charge is -2.12. The number of benzene rings is 1. The van der Waals surface area contributed by atoms with Crippen molar-refractivity contribution in [2.75, 3.05) is 13.2 Å². The summed E-state index contributed by atoms with van der Waals surface area (Å²) in [7, 11) is 0. The van der Waals surface area contributed by atoms with Crippen LogP contribution in [0.15, 0.2) is 12.1 Å². The summed E-state index contributed by atoms with van der Waals surface area (Å²) < 4.78 is 5.50. The van der Waals surface area contributed by atoms with Gasteiger partial charge in [0.2, 0.25) is 0 Å². The highest BCUT2D eigenvalue weighted by atomic mass is 16.5. The van der Waals surface area contributed by atoms with Crippen LogP contribution in [0, 0.1) is 11.3 Å². The van der Waals surface area contributed by atoms with E-state index in [0.29, 0.717) is 18.2 Å². The van der Waals surface area contributed by atoms with E-state index in [0.717, 1.165) is 18.7 Å². The van der Waals surface area contributed by atoms with Crippen molar-refractivity contribution < 1.29 is 4.74 Å². The van der Waals surface area contributed by atoms with Crippen molar-refractivity contribution in [3.63, 3.8) is 0 Å². The Bertz CT molecular complexity index is 456. The molecule has 0 unspecified atom stereocenters. The van der Waals surface area contributed by atoms with Crippen LogP contribution in [0.5, 0.6) is 5.75 Å². The van der Waals surface area contributed by atoms with Gasteiger partial charge in [0.15, 0.2) is 0 Å². The third-order valence-corrected chi connectivity index (χ3v) is 3.39. The summed E-state index contributed by atoms with van der Waals surface area (Å²) in [6, 6.07) is 6.85. The third-order valence-electron chi connectivity index (χ3n) is 3.39. The van der Waals surface area contributed by atoms with Gasteiger partial charge in [-0.25, -0.2) is 0 Å². The van der Waals surface area contributed by atoms with Crippen LogP contribution in [0.3, 0.4) is 0 Å². The molecule has 0 radical (unpaired) electrons. The van der Waals surface area contributed by atoms with E-state index in [1.807, 2.05) is 6.07 Å². The minimum atomic E-state index is 0.429. The molecule has 1 fully saturated rings. The van der Waals surface area contributed by atoms with Crippen LogP contribution in [0.2, 0.25) is 0 Å². The fourth-order valence-corrected chi connectivity index (χ4v) is 2.59. The van der Waals surface area contributed by atoms with Crippen molar-refractivity contribution in [1.29, 1.82) is 5.26 Å². The van der Waals surface area contributed by atoms with Crippen molar-refractivity contribution in [2.24, 2.45) is 0 Å². The van der Waals surface area contributed by atoms with Crippen LogP contribution < -0.4 is 10.1 Å². The van der Waals surface area contributed by atoms with Gasteiger partial charge in [-0.3, -0.25) is 0 Å². The van der Waals surface area contributed by atoms with Gasteiger partial charge in [0.05, 0.1) is 12.2 Å². The minimum absolute atomic E-state index is 0.429. The molecule has 1 atom stereocenters. The second-order valence-electron chi connectivity index (χ2n) is 4.42. The molecule has 0 bridgehead atoms. The molecule has 1 saturated heterocycles. The molecule has 2 heterocycles. The number of fused-ring (bicyclic) bond motifs is 1. The Morgan fingerprint density at radius 2 is 2.38 bits per heavy atom. The van der Waals surface area contributed by atoms with Crippen LogP contribution in [0.4, 0.5) is 0 Å². The number of nitrogens with one attached hydrogen (secondary N) is 1. The number of hydrogen-bond acceptors (Lipinski definition) is 3. The Labute approximate surface area is 95.0 Å². The molecule has 2 aliphatic heterocycles. The number of rotatable bonds is 1. The molecule has 2 aliphatic rings. The van der Waals surface area contributed by atoms with Crippen LogP contribution in [0.1, 0.15) is 35.6 Å². The zero-order valence-corrected chi connectivity index (χ0v) is 9.12. The van der Waals surface area contributed by atoms with E-state index >= 15 is 0 Å². The monoisotopic (exact) mass is 214 g/mol. The van der Waals surface area contributed by atoms with Crippen molar-refractivity contribution >= 4 is 0 Å². The van der Waals surface area contributed by atoms with Gasteiger partial charge in [-0.15, -0.1) is 0 Å². The molecule has 3 nitrogen and oxygen atoms in total. The van der Waals surface area contributed by atoms with E-state index in [2.05, 4.69) is 17.5 Å². The first kappa shape index (κ1) is 9.68. The fraction of sp³-hybridized carbons (Fsp3) is 0.462. The quantitative estimate of drug-likeness (QED) is 0.776. The predicted octanol–water partition coefficient (Wildman–Crippen LogP) is 1.92. The Balaban J connectivity index is 2.04. The Hall–Kier alpha value is -1.53. The topological polar surface area (TPSA) is 45.0 Å². The second-order valence-corrected chi connectivity index (χ2v) is 4.42. The smallest absolute Gasteiger partial charge is 0.140 e. The molecule has 3 heteroatoms. The average molecular weight is 214 g/mol. The lowest BCUT2D eigenvalue weighted by Crippen LogP contribution is -2.13. The summed E-state index contributed by atoms with van der Waals surface area (Å²) in [6.45, 7) is 1.80. The molecule has 1 aromatic carbocycles. The number of ether oxygens (including phenoxy) is 1. The second kappa shape index (κ2) is 3.80. The maximum atomic E-state index is 9.12. The first-order valence-corrected chi connectivity index (χ1v) is 5.81. The van der Waals surface area contributed by atoms with Crippen molar-refractivity contribution in [3.8, 4) is 11.8 Å². The van der Waals surface area contributed by atoms with Gasteiger partial charge in [0.1, 0.15) is 11.8 Å². The van der Waals surface area contributed by atoms with Crippen molar-refractivity contribution in [3.05, 3.63) is 28.8 Å².